The van der Waals surface area contributed by atoms with Crippen LogP contribution in [0.2, 0.25) is 5.02 Å². The minimum absolute atomic E-state index is 0.448. The molecule has 0 saturated heterocycles. The van der Waals surface area contributed by atoms with Crippen LogP contribution < -0.4 is 5.48 Å². The maximum absolute atomic E-state index is 12.8. The summed E-state index contributed by atoms with van der Waals surface area (Å²) < 4.78 is 38.4. The van der Waals surface area contributed by atoms with E-state index >= 15 is 0 Å². The first-order valence-corrected chi connectivity index (χ1v) is 7.51. The van der Waals surface area contributed by atoms with Crippen LogP contribution in [0.15, 0.2) is 48.5 Å². The minimum Gasteiger partial charge on any atom is -0.340 e. The maximum atomic E-state index is 12.8. The van der Waals surface area contributed by atoms with Gasteiger partial charge in [0.05, 0.1) is 22.1 Å². The third kappa shape index (κ3) is 4.51. The Bertz CT molecular complexity index is 778. The van der Waals surface area contributed by atoms with Crippen molar-refractivity contribution >= 4 is 23.5 Å². The van der Waals surface area contributed by atoms with Crippen molar-refractivity contribution < 1.29 is 27.6 Å². The summed E-state index contributed by atoms with van der Waals surface area (Å²) in [6, 6.07) is 11.6. The van der Waals surface area contributed by atoms with Crippen LogP contribution in [0.4, 0.5) is 13.2 Å². The second-order valence-corrected chi connectivity index (χ2v) is 5.53. The number of carbonyl (C=O) groups is 2. The maximum Gasteiger partial charge on any atom is 0.417 e. The van der Waals surface area contributed by atoms with Crippen LogP contribution in [0.5, 0.6) is 0 Å². The minimum atomic E-state index is -4.70. The summed E-state index contributed by atoms with van der Waals surface area (Å²) in [5.41, 5.74) is 0.899. The van der Waals surface area contributed by atoms with Crippen molar-refractivity contribution in [3.05, 3.63) is 70.2 Å². The third-order valence-electron chi connectivity index (χ3n) is 3.45. The standard InChI is InChI=1S/C17H13ClF3NO3/c1-10(11-6-3-2-4-7-11)16(24)25-22-15(23)12-8-5-9-13(14(12)18)17(19,20)21/h2-10H,1H3,(H,22,23)/t10-/m0/s1. The number of amides is 1. The highest BCUT2D eigenvalue weighted by atomic mass is 35.5. The highest BCUT2D eigenvalue weighted by Gasteiger charge is 2.34. The smallest absolute Gasteiger partial charge is 0.340 e. The summed E-state index contributed by atoms with van der Waals surface area (Å²) in [5, 5.41) is -0.764. The average Bonchev–Trinajstić information content (AvgIpc) is 2.58. The van der Waals surface area contributed by atoms with Gasteiger partial charge in [-0.05, 0) is 24.6 Å². The van der Waals surface area contributed by atoms with Crippen LogP contribution in [-0.4, -0.2) is 11.9 Å². The predicted octanol–water partition coefficient (Wildman–Crippen LogP) is 4.35. The van der Waals surface area contributed by atoms with E-state index in [1.807, 2.05) is 5.48 Å². The van der Waals surface area contributed by atoms with Gasteiger partial charge < -0.3 is 4.84 Å². The van der Waals surface area contributed by atoms with E-state index in [4.69, 9.17) is 11.6 Å². The molecule has 0 bridgehead atoms. The molecule has 2 rings (SSSR count). The van der Waals surface area contributed by atoms with Crippen LogP contribution in [0.3, 0.4) is 0 Å². The van der Waals surface area contributed by atoms with Gasteiger partial charge in [-0.25, -0.2) is 4.79 Å². The van der Waals surface area contributed by atoms with E-state index in [1.165, 1.54) is 0 Å². The number of hydrogen-bond donors (Lipinski definition) is 1. The molecular weight excluding hydrogens is 359 g/mol. The van der Waals surface area contributed by atoms with E-state index in [0.29, 0.717) is 5.56 Å². The molecule has 25 heavy (non-hydrogen) atoms. The highest BCUT2D eigenvalue weighted by Crippen LogP contribution is 2.36. The number of nitrogens with one attached hydrogen (secondary N) is 1. The Labute approximate surface area is 146 Å². The Balaban J connectivity index is 2.07. The molecule has 132 valence electrons. The lowest BCUT2D eigenvalue weighted by Gasteiger charge is -2.14. The second-order valence-electron chi connectivity index (χ2n) is 5.15. The molecule has 0 radical (unpaired) electrons. The summed E-state index contributed by atoms with van der Waals surface area (Å²) in [6.45, 7) is 1.57. The Hall–Kier alpha value is -2.54. The normalized spacial score (nSPS) is 12.4. The fraction of sp³-hybridized carbons (Fsp3) is 0.176. The van der Waals surface area contributed by atoms with E-state index in [-0.39, 0.29) is 0 Å². The second kappa shape index (κ2) is 7.57. The van der Waals surface area contributed by atoms with Crippen molar-refractivity contribution in [1.29, 1.82) is 0 Å². The number of rotatable bonds is 3. The number of carbonyl (C=O) groups excluding carboxylic acids is 2. The Morgan fingerprint density at radius 3 is 2.32 bits per heavy atom. The van der Waals surface area contributed by atoms with E-state index in [2.05, 4.69) is 4.84 Å². The van der Waals surface area contributed by atoms with Crippen molar-refractivity contribution in [3.8, 4) is 0 Å². The van der Waals surface area contributed by atoms with Crippen LogP contribution in [0.25, 0.3) is 0 Å². The molecule has 2 aromatic rings. The van der Waals surface area contributed by atoms with Gasteiger partial charge in [-0.3, -0.25) is 4.79 Å². The van der Waals surface area contributed by atoms with Crippen LogP contribution in [-0.2, 0) is 15.8 Å². The molecule has 0 saturated carbocycles. The highest BCUT2D eigenvalue weighted by molar-refractivity contribution is 6.34. The number of benzene rings is 2. The van der Waals surface area contributed by atoms with E-state index in [1.54, 1.807) is 37.3 Å². The van der Waals surface area contributed by atoms with Gasteiger partial charge in [-0.15, -0.1) is 0 Å². The Kier molecular flexibility index (Phi) is 5.69. The molecule has 8 heteroatoms. The first-order chi connectivity index (χ1) is 11.7. The van der Waals surface area contributed by atoms with Gasteiger partial charge in [0.25, 0.3) is 5.91 Å². The molecule has 1 atom stereocenters. The average molecular weight is 372 g/mol. The van der Waals surface area contributed by atoms with Crippen LogP contribution in [0, 0.1) is 0 Å². The molecule has 0 unspecified atom stereocenters. The molecule has 1 N–H and O–H groups in total. The van der Waals surface area contributed by atoms with Gasteiger partial charge >= 0.3 is 12.1 Å². The van der Waals surface area contributed by atoms with E-state index in [9.17, 15) is 22.8 Å². The number of alkyl halides is 3. The number of halogens is 4. The molecule has 0 aliphatic carbocycles. The lowest BCUT2D eigenvalue weighted by Crippen LogP contribution is -2.29. The van der Waals surface area contributed by atoms with Gasteiger partial charge in [0.15, 0.2) is 0 Å². The Morgan fingerprint density at radius 1 is 1.08 bits per heavy atom. The summed E-state index contributed by atoms with van der Waals surface area (Å²) >= 11 is 5.64. The zero-order valence-corrected chi connectivity index (χ0v) is 13.7. The zero-order chi connectivity index (χ0) is 18.6. The SMILES string of the molecule is C[C@H](C(=O)ONC(=O)c1cccc(C(F)(F)F)c1Cl)c1ccccc1. The van der Waals surface area contributed by atoms with Gasteiger partial charge in [0.2, 0.25) is 0 Å². The quantitative estimate of drug-likeness (QED) is 0.816. The molecule has 0 aliphatic heterocycles. The molecule has 0 fully saturated rings. The van der Waals surface area contributed by atoms with Gasteiger partial charge in [-0.2, -0.15) is 18.7 Å². The van der Waals surface area contributed by atoms with Crippen molar-refractivity contribution in [2.24, 2.45) is 0 Å². The summed E-state index contributed by atoms with van der Waals surface area (Å²) in [7, 11) is 0. The molecule has 1 amide bonds. The fourth-order valence-electron chi connectivity index (χ4n) is 2.04. The van der Waals surface area contributed by atoms with Gasteiger partial charge in [0.1, 0.15) is 0 Å². The largest absolute Gasteiger partial charge is 0.417 e. The summed E-state index contributed by atoms with van der Waals surface area (Å²) in [5.74, 6) is -2.48. The number of hydroxylamine groups is 1. The molecule has 0 aliphatic rings. The molecular formula is C17H13ClF3NO3. The first-order valence-electron chi connectivity index (χ1n) is 7.13. The predicted molar refractivity (Wildman–Crippen MR) is 84.9 cm³/mol. The molecule has 0 aromatic heterocycles. The zero-order valence-electron chi connectivity index (χ0n) is 12.9. The fourth-order valence-corrected chi connectivity index (χ4v) is 2.36. The topological polar surface area (TPSA) is 55.4 Å². The third-order valence-corrected chi connectivity index (χ3v) is 3.85. The molecule has 0 spiro atoms. The van der Waals surface area contributed by atoms with Crippen molar-refractivity contribution in [2.45, 2.75) is 19.0 Å². The van der Waals surface area contributed by atoms with E-state index < -0.39 is 40.1 Å². The van der Waals surface area contributed by atoms with Crippen molar-refractivity contribution in [2.75, 3.05) is 0 Å². The summed E-state index contributed by atoms with van der Waals surface area (Å²) in [4.78, 5) is 28.6. The van der Waals surface area contributed by atoms with Gasteiger partial charge in [-0.1, -0.05) is 48.0 Å². The number of hydrogen-bond acceptors (Lipinski definition) is 3. The van der Waals surface area contributed by atoms with Crippen molar-refractivity contribution in [1.82, 2.24) is 5.48 Å². The lowest BCUT2D eigenvalue weighted by atomic mass is 10.0. The first kappa shape index (κ1) is 18.8. The lowest BCUT2D eigenvalue weighted by molar-refractivity contribution is -0.150. The molecule has 2 aromatic carbocycles. The molecule has 4 nitrogen and oxygen atoms in total. The van der Waals surface area contributed by atoms with Crippen LogP contribution in [0.1, 0.15) is 34.3 Å². The van der Waals surface area contributed by atoms with Gasteiger partial charge in [0, 0.05) is 0 Å². The summed E-state index contributed by atoms with van der Waals surface area (Å²) in [6.07, 6.45) is -4.70. The van der Waals surface area contributed by atoms with Crippen molar-refractivity contribution in [3.63, 3.8) is 0 Å². The van der Waals surface area contributed by atoms with Crippen LogP contribution >= 0.6 is 11.6 Å². The monoisotopic (exact) mass is 371 g/mol. The Morgan fingerprint density at radius 2 is 1.72 bits per heavy atom. The molecule has 0 heterocycles. The van der Waals surface area contributed by atoms with E-state index in [0.717, 1.165) is 18.2 Å².